The first-order valence-corrected chi connectivity index (χ1v) is 11.5. The van der Waals surface area contributed by atoms with Crippen molar-refractivity contribution in [1.29, 1.82) is 0 Å². The first-order valence-electron chi connectivity index (χ1n) is 11.5. The lowest BCUT2D eigenvalue weighted by Gasteiger charge is -2.33. The molecular formula is C26H29N5O2. The number of aryl methyl sites for hydroxylation is 3. The SMILES string of the molecule is Cc1cccc(N2C[C@H](C)Cn3c2nc2c3c(=O)n(CCCc3ccccc3)c(=O)n2C)c1. The van der Waals surface area contributed by atoms with Crippen molar-refractivity contribution >= 4 is 22.8 Å². The molecule has 2 aromatic heterocycles. The molecule has 5 rings (SSSR count). The minimum atomic E-state index is -0.314. The Labute approximate surface area is 192 Å². The molecule has 0 amide bonds. The lowest BCUT2D eigenvalue weighted by atomic mass is 10.1. The largest absolute Gasteiger partial charge is 0.332 e. The average Bonchev–Trinajstić information content (AvgIpc) is 3.19. The van der Waals surface area contributed by atoms with Gasteiger partial charge in [-0.05, 0) is 48.9 Å². The Morgan fingerprint density at radius 3 is 2.58 bits per heavy atom. The fourth-order valence-corrected chi connectivity index (χ4v) is 4.80. The Bertz CT molecular complexity index is 1430. The van der Waals surface area contributed by atoms with Crippen LogP contribution in [0.25, 0.3) is 11.2 Å². The Morgan fingerprint density at radius 2 is 1.82 bits per heavy atom. The Hall–Kier alpha value is -3.61. The molecule has 4 aromatic rings. The monoisotopic (exact) mass is 443 g/mol. The maximum absolute atomic E-state index is 13.6. The fourth-order valence-electron chi connectivity index (χ4n) is 4.80. The summed E-state index contributed by atoms with van der Waals surface area (Å²) in [5.74, 6) is 1.06. The van der Waals surface area contributed by atoms with Crippen molar-refractivity contribution in [3.05, 3.63) is 86.6 Å². The first kappa shape index (κ1) is 21.2. The van der Waals surface area contributed by atoms with Crippen LogP contribution in [0, 0.1) is 12.8 Å². The van der Waals surface area contributed by atoms with Crippen LogP contribution in [0.2, 0.25) is 0 Å². The second-order valence-corrected chi connectivity index (χ2v) is 9.14. The van der Waals surface area contributed by atoms with Crippen LogP contribution in [0.3, 0.4) is 0 Å². The molecule has 0 aliphatic carbocycles. The number of benzene rings is 2. The molecule has 0 saturated heterocycles. The summed E-state index contributed by atoms with van der Waals surface area (Å²) in [7, 11) is 1.71. The van der Waals surface area contributed by atoms with Gasteiger partial charge in [-0.2, -0.15) is 4.98 Å². The highest BCUT2D eigenvalue weighted by Gasteiger charge is 2.29. The van der Waals surface area contributed by atoms with Crippen molar-refractivity contribution in [3.8, 4) is 0 Å². The lowest BCUT2D eigenvalue weighted by Crippen LogP contribution is -2.40. The molecule has 0 radical (unpaired) electrons. The number of nitrogens with zero attached hydrogens (tertiary/aromatic N) is 5. The molecule has 3 heterocycles. The van der Waals surface area contributed by atoms with Gasteiger partial charge in [0.15, 0.2) is 11.2 Å². The van der Waals surface area contributed by atoms with E-state index in [1.807, 2.05) is 28.8 Å². The number of imidazole rings is 1. The van der Waals surface area contributed by atoms with Crippen LogP contribution in [0.1, 0.15) is 24.5 Å². The van der Waals surface area contributed by atoms with Crippen molar-refractivity contribution in [1.82, 2.24) is 18.7 Å². The molecule has 33 heavy (non-hydrogen) atoms. The zero-order valence-corrected chi connectivity index (χ0v) is 19.4. The van der Waals surface area contributed by atoms with Crippen molar-refractivity contribution in [2.45, 2.75) is 39.8 Å². The van der Waals surface area contributed by atoms with Crippen LogP contribution >= 0.6 is 0 Å². The Kier molecular flexibility index (Phi) is 5.40. The number of hydrogen-bond donors (Lipinski definition) is 0. The minimum Gasteiger partial charge on any atom is -0.312 e. The summed E-state index contributed by atoms with van der Waals surface area (Å²) < 4.78 is 4.89. The predicted octanol–water partition coefficient (Wildman–Crippen LogP) is 3.63. The minimum absolute atomic E-state index is 0.252. The van der Waals surface area contributed by atoms with Gasteiger partial charge < -0.3 is 9.47 Å². The highest BCUT2D eigenvalue weighted by molar-refractivity contribution is 5.77. The van der Waals surface area contributed by atoms with Gasteiger partial charge in [0.2, 0.25) is 5.95 Å². The van der Waals surface area contributed by atoms with Crippen LogP contribution in [0.4, 0.5) is 11.6 Å². The van der Waals surface area contributed by atoms with Gasteiger partial charge in [0.1, 0.15) is 0 Å². The molecule has 0 spiro atoms. The van der Waals surface area contributed by atoms with E-state index in [0.29, 0.717) is 30.2 Å². The first-order chi connectivity index (χ1) is 15.9. The smallest absolute Gasteiger partial charge is 0.312 e. The number of fused-ring (bicyclic) bond motifs is 3. The van der Waals surface area contributed by atoms with Gasteiger partial charge in [-0.25, -0.2) is 4.79 Å². The third-order valence-corrected chi connectivity index (χ3v) is 6.45. The standard InChI is InChI=1S/C26H29N5O2/c1-18-9-7-13-21(15-18)30-16-19(2)17-31-22-23(27-25(30)31)28(3)26(33)29(24(22)32)14-8-12-20-10-5-4-6-11-20/h4-7,9-11,13,15,19H,8,12,14,16-17H2,1-3H3/t19-/m0/s1. The van der Waals surface area contributed by atoms with E-state index < -0.39 is 0 Å². The van der Waals surface area contributed by atoms with Gasteiger partial charge in [-0.15, -0.1) is 0 Å². The van der Waals surface area contributed by atoms with Gasteiger partial charge >= 0.3 is 5.69 Å². The number of anilines is 2. The summed E-state index contributed by atoms with van der Waals surface area (Å²) in [6, 6.07) is 18.4. The molecule has 0 fully saturated rings. The molecule has 0 N–H and O–H groups in total. The Morgan fingerprint density at radius 1 is 1.03 bits per heavy atom. The molecule has 0 saturated carbocycles. The van der Waals surface area contributed by atoms with Crippen molar-refractivity contribution in [2.75, 3.05) is 11.4 Å². The van der Waals surface area contributed by atoms with E-state index in [-0.39, 0.29) is 11.2 Å². The molecule has 1 aliphatic rings. The van der Waals surface area contributed by atoms with E-state index in [0.717, 1.165) is 31.0 Å². The third kappa shape index (κ3) is 3.77. The van der Waals surface area contributed by atoms with Crippen molar-refractivity contribution in [2.24, 2.45) is 13.0 Å². The lowest BCUT2D eigenvalue weighted by molar-refractivity contribution is 0.457. The molecule has 0 bridgehead atoms. The van der Waals surface area contributed by atoms with Crippen LogP contribution in [0.5, 0.6) is 0 Å². The molecular weight excluding hydrogens is 414 g/mol. The predicted molar refractivity (Wildman–Crippen MR) is 131 cm³/mol. The third-order valence-electron chi connectivity index (χ3n) is 6.45. The molecule has 170 valence electrons. The zero-order chi connectivity index (χ0) is 23.1. The van der Waals surface area contributed by atoms with E-state index in [9.17, 15) is 9.59 Å². The van der Waals surface area contributed by atoms with E-state index in [2.05, 4.69) is 49.1 Å². The van der Waals surface area contributed by atoms with Gasteiger partial charge in [-0.1, -0.05) is 49.4 Å². The second kappa shape index (κ2) is 8.39. The number of aromatic nitrogens is 4. The molecule has 7 heteroatoms. The van der Waals surface area contributed by atoms with E-state index >= 15 is 0 Å². The summed E-state index contributed by atoms with van der Waals surface area (Å²) in [6.07, 6.45) is 1.54. The van der Waals surface area contributed by atoms with Crippen molar-refractivity contribution in [3.63, 3.8) is 0 Å². The second-order valence-electron chi connectivity index (χ2n) is 9.14. The van der Waals surface area contributed by atoms with Crippen LogP contribution < -0.4 is 16.1 Å². The van der Waals surface area contributed by atoms with Gasteiger partial charge in [0.25, 0.3) is 5.56 Å². The maximum Gasteiger partial charge on any atom is 0.332 e. The molecule has 2 aromatic carbocycles. The molecule has 7 nitrogen and oxygen atoms in total. The van der Waals surface area contributed by atoms with Crippen molar-refractivity contribution < 1.29 is 0 Å². The number of rotatable bonds is 5. The summed E-state index contributed by atoms with van der Waals surface area (Å²) in [5, 5.41) is 0. The highest BCUT2D eigenvalue weighted by atomic mass is 16.2. The molecule has 1 atom stereocenters. The van der Waals surface area contributed by atoms with Crippen LogP contribution in [-0.2, 0) is 26.6 Å². The molecule has 1 aliphatic heterocycles. The van der Waals surface area contributed by atoms with E-state index in [1.54, 1.807) is 7.05 Å². The normalized spacial score (nSPS) is 15.7. The summed E-state index contributed by atoms with van der Waals surface area (Å²) in [5.41, 5.74) is 3.81. The fraction of sp³-hybridized carbons (Fsp3) is 0.346. The summed E-state index contributed by atoms with van der Waals surface area (Å²) >= 11 is 0. The van der Waals surface area contributed by atoms with Crippen LogP contribution in [-0.4, -0.2) is 25.2 Å². The number of hydrogen-bond acceptors (Lipinski definition) is 4. The maximum atomic E-state index is 13.6. The Balaban J connectivity index is 1.58. The summed E-state index contributed by atoms with van der Waals surface area (Å²) in [4.78, 5) is 33.6. The van der Waals surface area contributed by atoms with E-state index in [1.165, 1.54) is 20.3 Å². The van der Waals surface area contributed by atoms with Gasteiger partial charge in [-0.3, -0.25) is 13.9 Å². The topological polar surface area (TPSA) is 65.1 Å². The highest BCUT2D eigenvalue weighted by Crippen LogP contribution is 2.33. The quantitative estimate of drug-likeness (QED) is 0.473. The summed E-state index contributed by atoms with van der Waals surface area (Å²) in [6.45, 7) is 6.14. The van der Waals surface area contributed by atoms with E-state index in [4.69, 9.17) is 4.98 Å². The van der Waals surface area contributed by atoms with Crippen LogP contribution in [0.15, 0.2) is 64.2 Å². The van der Waals surface area contributed by atoms with Gasteiger partial charge in [0, 0.05) is 32.4 Å². The zero-order valence-electron chi connectivity index (χ0n) is 19.4. The van der Waals surface area contributed by atoms with Gasteiger partial charge in [0.05, 0.1) is 0 Å². The molecule has 0 unspecified atom stereocenters. The average molecular weight is 444 g/mol.